The number of nitrogens with zero attached hydrogens (tertiary/aromatic N) is 2. The van der Waals surface area contributed by atoms with Crippen molar-refractivity contribution in [2.24, 2.45) is 0 Å². The maximum absolute atomic E-state index is 10.9. The van der Waals surface area contributed by atoms with E-state index in [1.165, 1.54) is 12.3 Å². The molecule has 0 aliphatic rings. The number of methoxy groups -OCH3 is 1. The highest BCUT2D eigenvalue weighted by Gasteiger charge is 2.14. The zero-order valence-electron chi connectivity index (χ0n) is 9.83. The van der Waals surface area contributed by atoms with Gasteiger partial charge in [-0.3, -0.25) is 15.1 Å². The van der Waals surface area contributed by atoms with Crippen LogP contribution in [0.1, 0.15) is 0 Å². The van der Waals surface area contributed by atoms with Crippen molar-refractivity contribution < 1.29 is 9.66 Å². The van der Waals surface area contributed by atoms with Gasteiger partial charge in [-0.25, -0.2) is 0 Å². The lowest BCUT2D eigenvalue weighted by molar-refractivity contribution is -0.383. The smallest absolute Gasteiger partial charge is 0.278 e. The fourth-order valence-corrected chi connectivity index (χ4v) is 2.64. The number of rotatable bonds is 5. The maximum atomic E-state index is 10.9. The summed E-state index contributed by atoms with van der Waals surface area (Å²) in [7, 11) is 1.65. The third kappa shape index (κ3) is 2.60. The number of benzene rings is 1. The molecule has 94 valence electrons. The van der Waals surface area contributed by atoms with Crippen LogP contribution in [-0.2, 0) is 4.74 Å². The predicted molar refractivity (Wildman–Crippen MR) is 71.0 cm³/mol. The van der Waals surface area contributed by atoms with E-state index in [2.05, 4.69) is 4.98 Å². The van der Waals surface area contributed by atoms with E-state index in [0.717, 1.165) is 16.0 Å². The molecular weight excluding hydrogens is 252 g/mol. The van der Waals surface area contributed by atoms with E-state index in [4.69, 9.17) is 4.74 Å². The minimum Gasteiger partial charge on any atom is -0.384 e. The second-order valence-electron chi connectivity index (χ2n) is 3.60. The van der Waals surface area contributed by atoms with Crippen molar-refractivity contribution in [3.8, 4) is 0 Å². The first-order valence-corrected chi connectivity index (χ1v) is 6.35. The number of nitro benzene ring substituents is 1. The Bertz CT molecular complexity index is 574. The van der Waals surface area contributed by atoms with E-state index in [0.29, 0.717) is 12.0 Å². The Morgan fingerprint density at radius 1 is 1.39 bits per heavy atom. The molecule has 0 unspecified atom stereocenters. The van der Waals surface area contributed by atoms with Crippen LogP contribution in [0.2, 0.25) is 0 Å². The van der Waals surface area contributed by atoms with Gasteiger partial charge in [0.05, 0.1) is 16.9 Å². The molecule has 5 nitrogen and oxygen atoms in total. The largest absolute Gasteiger partial charge is 0.384 e. The molecule has 1 heterocycles. The first-order chi connectivity index (χ1) is 8.74. The van der Waals surface area contributed by atoms with Gasteiger partial charge in [0, 0.05) is 41.6 Å². The molecule has 0 radical (unpaired) electrons. The topological polar surface area (TPSA) is 65.3 Å². The minimum atomic E-state index is -0.381. The number of thioether (sulfide) groups is 1. The predicted octanol–water partition coefficient (Wildman–Crippen LogP) is 2.88. The highest BCUT2D eigenvalue weighted by Crippen LogP contribution is 2.33. The molecule has 0 atom stereocenters. The van der Waals surface area contributed by atoms with Crippen LogP contribution in [0, 0.1) is 10.1 Å². The summed E-state index contributed by atoms with van der Waals surface area (Å²) in [5.41, 5.74) is 0.0918. The molecule has 0 bridgehead atoms. The molecule has 0 aliphatic heterocycles. The molecular formula is C12H12N2O3S. The van der Waals surface area contributed by atoms with Gasteiger partial charge in [-0.2, -0.15) is 0 Å². The first kappa shape index (κ1) is 12.8. The van der Waals surface area contributed by atoms with Gasteiger partial charge in [-0.05, 0) is 12.1 Å². The number of non-ortho nitro benzene ring substituents is 1. The van der Waals surface area contributed by atoms with Crippen LogP contribution in [0.4, 0.5) is 5.69 Å². The lowest BCUT2D eigenvalue weighted by Crippen LogP contribution is -1.94. The Hall–Kier alpha value is -1.66. The summed E-state index contributed by atoms with van der Waals surface area (Å²) in [6, 6.07) is 5.11. The second-order valence-corrected chi connectivity index (χ2v) is 4.74. The zero-order chi connectivity index (χ0) is 13.0. The molecule has 0 saturated carbocycles. The van der Waals surface area contributed by atoms with Crippen molar-refractivity contribution in [1.29, 1.82) is 0 Å². The Kier molecular flexibility index (Phi) is 4.11. The van der Waals surface area contributed by atoms with Crippen LogP contribution in [0.3, 0.4) is 0 Å². The molecule has 2 rings (SSSR count). The van der Waals surface area contributed by atoms with Crippen LogP contribution in [-0.4, -0.2) is 29.4 Å². The van der Waals surface area contributed by atoms with Crippen LogP contribution in [0.5, 0.6) is 0 Å². The summed E-state index contributed by atoms with van der Waals surface area (Å²) in [6.07, 6.45) is 3.18. The molecule has 0 saturated heterocycles. The quantitative estimate of drug-likeness (QED) is 0.359. The van der Waals surface area contributed by atoms with Gasteiger partial charge in [-0.1, -0.05) is 0 Å². The summed E-state index contributed by atoms with van der Waals surface area (Å²) in [4.78, 5) is 15.5. The van der Waals surface area contributed by atoms with Gasteiger partial charge in [0.15, 0.2) is 0 Å². The molecule has 1 aromatic carbocycles. The third-order valence-corrected chi connectivity index (χ3v) is 3.53. The molecule has 0 spiro atoms. The zero-order valence-corrected chi connectivity index (χ0v) is 10.6. The maximum Gasteiger partial charge on any atom is 0.278 e. The van der Waals surface area contributed by atoms with E-state index in [-0.39, 0.29) is 10.6 Å². The number of aromatic nitrogens is 1. The van der Waals surface area contributed by atoms with Gasteiger partial charge >= 0.3 is 0 Å². The molecule has 0 fully saturated rings. The number of pyridine rings is 1. The van der Waals surface area contributed by atoms with Gasteiger partial charge in [0.25, 0.3) is 5.69 Å². The van der Waals surface area contributed by atoms with Crippen molar-refractivity contribution in [1.82, 2.24) is 4.98 Å². The van der Waals surface area contributed by atoms with E-state index >= 15 is 0 Å². The lowest BCUT2D eigenvalue weighted by atomic mass is 10.1. The molecule has 18 heavy (non-hydrogen) atoms. The number of hydrogen-bond acceptors (Lipinski definition) is 5. The monoisotopic (exact) mass is 264 g/mol. The SMILES string of the molecule is COCCSc1ccc([N+](=O)[O-])c2cnccc12. The number of hydrogen-bond donors (Lipinski definition) is 0. The molecule has 0 amide bonds. The van der Waals surface area contributed by atoms with Crippen molar-refractivity contribution in [2.75, 3.05) is 19.5 Å². The van der Waals surface area contributed by atoms with E-state index in [1.807, 2.05) is 0 Å². The van der Waals surface area contributed by atoms with Gasteiger partial charge in [-0.15, -0.1) is 11.8 Å². The van der Waals surface area contributed by atoms with Crippen molar-refractivity contribution in [2.45, 2.75) is 4.90 Å². The Morgan fingerprint density at radius 3 is 2.94 bits per heavy atom. The minimum absolute atomic E-state index is 0.0918. The first-order valence-electron chi connectivity index (χ1n) is 5.37. The third-order valence-electron chi connectivity index (χ3n) is 2.50. The van der Waals surface area contributed by atoms with Gasteiger partial charge in [0.1, 0.15) is 0 Å². The fraction of sp³-hybridized carbons (Fsp3) is 0.250. The fourth-order valence-electron chi connectivity index (χ4n) is 1.67. The summed E-state index contributed by atoms with van der Waals surface area (Å²) in [5, 5.41) is 12.4. The van der Waals surface area contributed by atoms with Crippen LogP contribution in [0.25, 0.3) is 10.8 Å². The Labute approximate surface area is 108 Å². The summed E-state index contributed by atoms with van der Waals surface area (Å²) < 4.78 is 5.00. The second kappa shape index (κ2) is 5.79. The summed E-state index contributed by atoms with van der Waals surface area (Å²) in [5.74, 6) is 0.811. The Balaban J connectivity index is 2.44. The standard InChI is InChI=1S/C12H12N2O3S/c1-17-6-7-18-12-3-2-11(14(15)16)10-8-13-5-4-9(10)12/h2-5,8H,6-7H2,1H3. The number of nitro groups is 1. The molecule has 2 aromatic rings. The van der Waals surface area contributed by atoms with Crippen molar-refractivity contribution in [3.05, 3.63) is 40.7 Å². The van der Waals surface area contributed by atoms with E-state index in [1.54, 1.807) is 37.2 Å². The highest BCUT2D eigenvalue weighted by molar-refractivity contribution is 7.99. The summed E-state index contributed by atoms with van der Waals surface area (Å²) in [6.45, 7) is 0.647. The van der Waals surface area contributed by atoms with E-state index in [9.17, 15) is 10.1 Å². The highest BCUT2D eigenvalue weighted by atomic mass is 32.2. The molecule has 0 N–H and O–H groups in total. The van der Waals surface area contributed by atoms with Crippen LogP contribution >= 0.6 is 11.8 Å². The van der Waals surface area contributed by atoms with Crippen molar-refractivity contribution in [3.63, 3.8) is 0 Å². The molecule has 1 aromatic heterocycles. The average molecular weight is 264 g/mol. The number of ether oxygens (including phenoxy) is 1. The van der Waals surface area contributed by atoms with Crippen LogP contribution < -0.4 is 0 Å². The van der Waals surface area contributed by atoms with E-state index < -0.39 is 0 Å². The Morgan fingerprint density at radius 2 is 2.22 bits per heavy atom. The van der Waals surface area contributed by atoms with Crippen molar-refractivity contribution >= 4 is 28.2 Å². The van der Waals surface area contributed by atoms with Crippen LogP contribution in [0.15, 0.2) is 35.5 Å². The normalized spacial score (nSPS) is 10.7. The average Bonchev–Trinajstić information content (AvgIpc) is 2.38. The van der Waals surface area contributed by atoms with Gasteiger partial charge in [0.2, 0.25) is 0 Å². The number of fused-ring (bicyclic) bond motifs is 1. The summed E-state index contributed by atoms with van der Waals surface area (Å²) >= 11 is 1.62. The molecule has 6 heteroatoms. The lowest BCUT2D eigenvalue weighted by Gasteiger charge is -2.06. The van der Waals surface area contributed by atoms with Gasteiger partial charge < -0.3 is 4.74 Å². The molecule has 0 aliphatic carbocycles.